The summed E-state index contributed by atoms with van der Waals surface area (Å²) in [6, 6.07) is 0.458. The molecule has 2 unspecified atom stereocenters. The molecule has 1 aromatic rings. The second-order valence-corrected chi connectivity index (χ2v) is 6.72. The summed E-state index contributed by atoms with van der Waals surface area (Å²) >= 11 is 1.75. The van der Waals surface area contributed by atoms with Crippen molar-refractivity contribution < 1.29 is 4.74 Å². The van der Waals surface area contributed by atoms with Crippen LogP contribution in [0.25, 0.3) is 0 Å². The van der Waals surface area contributed by atoms with E-state index in [4.69, 9.17) is 4.74 Å². The molecule has 3 nitrogen and oxygen atoms in total. The van der Waals surface area contributed by atoms with E-state index >= 15 is 0 Å². The number of ether oxygens (including phenoxy) is 1. The number of aromatic nitrogens is 1. The molecule has 0 radical (unpaired) electrons. The maximum absolute atomic E-state index is 5.91. The van der Waals surface area contributed by atoms with Crippen molar-refractivity contribution in [1.82, 2.24) is 10.3 Å². The Bertz CT molecular complexity index is 364. The zero-order valence-corrected chi connectivity index (χ0v) is 12.6. The number of thiazole rings is 1. The lowest BCUT2D eigenvalue weighted by Gasteiger charge is -2.42. The molecule has 1 aliphatic rings. The molecule has 1 saturated heterocycles. The minimum atomic E-state index is 0.00944. The van der Waals surface area contributed by atoms with Gasteiger partial charge in [-0.1, -0.05) is 13.8 Å². The van der Waals surface area contributed by atoms with E-state index in [-0.39, 0.29) is 5.54 Å². The van der Waals surface area contributed by atoms with Gasteiger partial charge in [-0.3, -0.25) is 0 Å². The highest BCUT2D eigenvalue weighted by Crippen LogP contribution is 2.38. The van der Waals surface area contributed by atoms with E-state index in [0.717, 1.165) is 19.4 Å². The second kappa shape index (κ2) is 5.68. The van der Waals surface area contributed by atoms with Crippen molar-refractivity contribution in [2.75, 3.05) is 6.61 Å². The Kier molecular flexibility index (Phi) is 4.41. The van der Waals surface area contributed by atoms with Crippen LogP contribution in [0.1, 0.15) is 45.5 Å². The number of nitrogens with one attached hydrogen (secondary N) is 1. The number of nitrogens with zero attached hydrogens (tertiary/aromatic N) is 1. The van der Waals surface area contributed by atoms with E-state index in [1.54, 1.807) is 11.3 Å². The number of rotatable bonds is 4. The summed E-state index contributed by atoms with van der Waals surface area (Å²) in [7, 11) is 0. The quantitative estimate of drug-likeness (QED) is 0.910. The van der Waals surface area contributed by atoms with Crippen molar-refractivity contribution in [2.24, 2.45) is 5.92 Å². The van der Waals surface area contributed by atoms with Crippen LogP contribution in [-0.2, 0) is 10.3 Å². The first-order valence-corrected chi connectivity index (χ1v) is 7.71. The fourth-order valence-corrected chi connectivity index (χ4v) is 3.56. The summed E-state index contributed by atoms with van der Waals surface area (Å²) in [4.78, 5) is 4.56. The van der Waals surface area contributed by atoms with Gasteiger partial charge < -0.3 is 10.1 Å². The van der Waals surface area contributed by atoms with E-state index in [1.165, 1.54) is 5.01 Å². The van der Waals surface area contributed by atoms with Crippen molar-refractivity contribution in [2.45, 2.75) is 58.2 Å². The predicted molar refractivity (Wildman–Crippen MR) is 75.9 cm³/mol. The third kappa shape index (κ3) is 2.92. The van der Waals surface area contributed by atoms with Gasteiger partial charge in [0.1, 0.15) is 5.01 Å². The van der Waals surface area contributed by atoms with Gasteiger partial charge in [0.2, 0.25) is 0 Å². The minimum absolute atomic E-state index is 0.00944. The lowest BCUT2D eigenvalue weighted by atomic mass is 9.83. The average molecular weight is 268 g/mol. The maximum atomic E-state index is 5.91. The monoisotopic (exact) mass is 268 g/mol. The van der Waals surface area contributed by atoms with Crippen LogP contribution in [0.15, 0.2) is 11.6 Å². The van der Waals surface area contributed by atoms with Crippen molar-refractivity contribution in [1.29, 1.82) is 0 Å². The largest absolute Gasteiger partial charge is 0.378 e. The molecule has 1 aromatic heterocycles. The van der Waals surface area contributed by atoms with E-state index in [1.807, 2.05) is 6.20 Å². The molecule has 2 rings (SSSR count). The van der Waals surface area contributed by atoms with Gasteiger partial charge in [-0.25, -0.2) is 4.98 Å². The zero-order chi connectivity index (χ0) is 13.2. The van der Waals surface area contributed by atoms with Gasteiger partial charge in [-0.15, -0.1) is 11.3 Å². The molecule has 0 amide bonds. The van der Waals surface area contributed by atoms with E-state index in [2.05, 4.69) is 43.4 Å². The highest BCUT2D eigenvalue weighted by atomic mass is 32.1. The van der Waals surface area contributed by atoms with Gasteiger partial charge in [0.15, 0.2) is 0 Å². The van der Waals surface area contributed by atoms with Crippen molar-refractivity contribution >= 4 is 11.3 Å². The average Bonchev–Trinajstić information content (AvgIpc) is 2.82. The molecule has 2 atom stereocenters. The Labute approximate surface area is 114 Å². The molecule has 0 aliphatic carbocycles. The van der Waals surface area contributed by atoms with Crippen molar-refractivity contribution in [3.8, 4) is 0 Å². The summed E-state index contributed by atoms with van der Waals surface area (Å²) in [5.41, 5.74) is 0.00944. The van der Waals surface area contributed by atoms with Crippen molar-refractivity contribution in [3.05, 3.63) is 16.6 Å². The molecular formula is C14H24N2OS. The van der Waals surface area contributed by atoms with Crippen LogP contribution in [0.4, 0.5) is 0 Å². The molecule has 102 valence electrons. The summed E-state index contributed by atoms with van der Waals surface area (Å²) in [6.07, 6.45) is 4.27. The Hall–Kier alpha value is -0.450. The van der Waals surface area contributed by atoms with Gasteiger partial charge >= 0.3 is 0 Å². The van der Waals surface area contributed by atoms with Crippen LogP contribution < -0.4 is 5.32 Å². The van der Waals surface area contributed by atoms with Crippen LogP contribution in [0.2, 0.25) is 0 Å². The van der Waals surface area contributed by atoms with Gasteiger partial charge in [-0.05, 0) is 32.6 Å². The Morgan fingerprint density at radius 2 is 2.22 bits per heavy atom. The van der Waals surface area contributed by atoms with Crippen LogP contribution in [0, 0.1) is 5.92 Å². The normalized spacial score (nSPS) is 29.1. The number of hydrogen-bond acceptors (Lipinski definition) is 4. The third-order valence-corrected chi connectivity index (χ3v) is 4.54. The predicted octanol–water partition coefficient (Wildman–Crippen LogP) is 3.17. The van der Waals surface area contributed by atoms with Gasteiger partial charge in [0.05, 0.1) is 11.6 Å². The third-order valence-electron chi connectivity index (χ3n) is 3.56. The summed E-state index contributed by atoms with van der Waals surface area (Å²) < 4.78 is 5.91. The standard InChI is InChI=1S/C14H24N2OS/c1-10(2)12-9-14(5-7-17-12,16-11(3)4)13-15-6-8-18-13/h6,8,10-12,16H,5,7,9H2,1-4H3. The molecule has 4 heteroatoms. The highest BCUT2D eigenvalue weighted by Gasteiger charge is 2.41. The fourth-order valence-electron chi connectivity index (χ4n) is 2.72. The SMILES string of the molecule is CC(C)NC1(c2nccs2)CCOC(C(C)C)C1. The fraction of sp³-hybridized carbons (Fsp3) is 0.786. The molecule has 1 aliphatic heterocycles. The molecule has 0 bridgehead atoms. The first-order valence-electron chi connectivity index (χ1n) is 6.83. The molecule has 0 spiro atoms. The van der Waals surface area contributed by atoms with E-state index < -0.39 is 0 Å². The first-order chi connectivity index (χ1) is 8.53. The van der Waals surface area contributed by atoms with E-state index in [0.29, 0.717) is 18.1 Å². The molecule has 0 saturated carbocycles. The summed E-state index contributed by atoms with van der Waals surface area (Å²) in [5, 5.41) is 7.03. The van der Waals surface area contributed by atoms with E-state index in [9.17, 15) is 0 Å². The lowest BCUT2D eigenvalue weighted by molar-refractivity contribution is -0.0553. The van der Waals surface area contributed by atoms with Crippen LogP contribution in [0.3, 0.4) is 0 Å². The Morgan fingerprint density at radius 3 is 2.78 bits per heavy atom. The Morgan fingerprint density at radius 1 is 1.44 bits per heavy atom. The lowest BCUT2D eigenvalue weighted by Crippen LogP contribution is -2.52. The van der Waals surface area contributed by atoms with Gasteiger partial charge in [0.25, 0.3) is 0 Å². The highest BCUT2D eigenvalue weighted by molar-refractivity contribution is 7.09. The zero-order valence-electron chi connectivity index (χ0n) is 11.8. The number of hydrogen-bond donors (Lipinski definition) is 1. The molecule has 2 heterocycles. The molecular weight excluding hydrogens is 244 g/mol. The summed E-state index contributed by atoms with van der Waals surface area (Å²) in [6.45, 7) is 9.70. The smallest absolute Gasteiger partial charge is 0.113 e. The summed E-state index contributed by atoms with van der Waals surface area (Å²) in [5.74, 6) is 0.554. The minimum Gasteiger partial charge on any atom is -0.378 e. The molecule has 1 fully saturated rings. The first kappa shape index (κ1) is 14.0. The Balaban J connectivity index is 2.25. The maximum Gasteiger partial charge on any atom is 0.113 e. The van der Waals surface area contributed by atoms with Gasteiger partial charge in [-0.2, -0.15) is 0 Å². The van der Waals surface area contributed by atoms with Crippen molar-refractivity contribution in [3.63, 3.8) is 0 Å². The molecule has 18 heavy (non-hydrogen) atoms. The van der Waals surface area contributed by atoms with Crippen LogP contribution >= 0.6 is 11.3 Å². The van der Waals surface area contributed by atoms with Crippen LogP contribution in [-0.4, -0.2) is 23.7 Å². The molecule has 1 N–H and O–H groups in total. The van der Waals surface area contributed by atoms with Gasteiger partial charge in [0, 0.05) is 24.2 Å². The topological polar surface area (TPSA) is 34.2 Å². The second-order valence-electron chi connectivity index (χ2n) is 5.83. The molecule has 0 aromatic carbocycles. The van der Waals surface area contributed by atoms with Crippen LogP contribution in [0.5, 0.6) is 0 Å².